The molecule has 2 aromatic carbocycles. The molecule has 0 atom stereocenters. The molecular weight excluding hydrogens is 304 g/mol. The lowest BCUT2D eigenvalue weighted by Crippen LogP contribution is -2.59. The van der Waals surface area contributed by atoms with Gasteiger partial charge in [-0.05, 0) is 37.1 Å². The maximum absolute atomic E-state index is 15.4. The maximum atomic E-state index is 15.4. The number of nitrogens with zero attached hydrogens (tertiary/aromatic N) is 1. The maximum Gasteiger partial charge on any atom is 0.410 e. The Bertz CT molecular complexity index is 779. The molecule has 1 saturated heterocycles. The molecule has 0 N–H and O–H groups in total. The Morgan fingerprint density at radius 1 is 1.21 bits per heavy atom. The minimum atomic E-state index is -1.51. The van der Waals surface area contributed by atoms with Gasteiger partial charge in [0.2, 0.25) is 0 Å². The third kappa shape index (κ3) is 3.00. The predicted molar refractivity (Wildman–Crippen MR) is 96.8 cm³/mol. The number of ether oxygens (including phenoxy) is 1. The van der Waals surface area contributed by atoms with Crippen LogP contribution in [0.25, 0.3) is 10.8 Å². The summed E-state index contributed by atoms with van der Waals surface area (Å²) in [5, 5.41) is 2.02. The minimum Gasteiger partial charge on any atom is -0.444 e. The molecule has 2 aromatic rings. The lowest BCUT2D eigenvalue weighted by atomic mass is 9.82. The van der Waals surface area contributed by atoms with E-state index in [4.69, 9.17) is 4.74 Å². The van der Waals surface area contributed by atoms with Crippen molar-refractivity contribution in [3.8, 4) is 0 Å². The average Bonchev–Trinajstić information content (AvgIpc) is 2.49. The summed E-state index contributed by atoms with van der Waals surface area (Å²) in [5.74, 6) is 0. The molecule has 0 bridgehead atoms. The zero-order valence-electron chi connectivity index (χ0n) is 14.7. The van der Waals surface area contributed by atoms with Crippen LogP contribution in [0.2, 0.25) is 0 Å². The normalized spacial score (nSPS) is 16.8. The zero-order valence-corrected chi connectivity index (χ0v) is 14.7. The van der Waals surface area contributed by atoms with Crippen LogP contribution < -0.4 is 0 Å². The van der Waals surface area contributed by atoms with E-state index in [1.165, 1.54) is 10.5 Å². The summed E-state index contributed by atoms with van der Waals surface area (Å²) >= 11 is 0. The van der Waals surface area contributed by atoms with Crippen molar-refractivity contribution in [2.24, 2.45) is 0 Å². The molecule has 0 unspecified atom stereocenters. The van der Waals surface area contributed by atoms with E-state index in [9.17, 15) is 4.79 Å². The minimum absolute atomic E-state index is 0.0391. The van der Waals surface area contributed by atoms with Crippen LogP contribution in [-0.4, -0.2) is 37.5 Å². The number of hydrogen-bond donors (Lipinski definition) is 0. The Morgan fingerprint density at radius 3 is 2.42 bits per heavy atom. The Kier molecular flexibility index (Phi) is 4.06. The van der Waals surface area contributed by atoms with E-state index in [2.05, 4.69) is 7.85 Å². The summed E-state index contributed by atoms with van der Waals surface area (Å²) in [6.45, 7) is 5.51. The van der Waals surface area contributed by atoms with Gasteiger partial charge in [0.1, 0.15) is 13.4 Å². The summed E-state index contributed by atoms with van der Waals surface area (Å²) < 4.78 is 20.7. The fourth-order valence-electron chi connectivity index (χ4n) is 3.25. The van der Waals surface area contributed by atoms with E-state index in [-0.39, 0.29) is 13.1 Å². The van der Waals surface area contributed by atoms with Gasteiger partial charge in [-0.15, -0.1) is 0 Å². The SMILES string of the molecule is BCc1ccc(C2(F)CN(C(=O)OC(C)(C)C)C2)c2ccccc12. The molecule has 3 rings (SSSR count). The lowest BCUT2D eigenvalue weighted by molar-refractivity contribution is -0.0531. The first-order valence-corrected chi connectivity index (χ1v) is 8.41. The van der Waals surface area contributed by atoms with Crippen LogP contribution in [0.4, 0.5) is 9.18 Å². The molecule has 24 heavy (non-hydrogen) atoms. The Morgan fingerprint density at radius 2 is 1.83 bits per heavy atom. The summed E-state index contributed by atoms with van der Waals surface area (Å²) in [7, 11) is 2.10. The van der Waals surface area contributed by atoms with Gasteiger partial charge in [0.05, 0.1) is 13.1 Å². The molecule has 1 fully saturated rings. The summed E-state index contributed by atoms with van der Waals surface area (Å²) in [6.07, 6.45) is 0.453. The monoisotopic (exact) mass is 327 g/mol. The summed E-state index contributed by atoms with van der Waals surface area (Å²) in [4.78, 5) is 13.5. The van der Waals surface area contributed by atoms with Gasteiger partial charge in [-0.3, -0.25) is 0 Å². The first-order chi connectivity index (χ1) is 11.2. The van der Waals surface area contributed by atoms with Crippen molar-refractivity contribution in [2.75, 3.05) is 13.1 Å². The van der Waals surface area contributed by atoms with Crippen molar-refractivity contribution >= 4 is 24.7 Å². The molecule has 5 heteroatoms. The Hall–Kier alpha value is -2.04. The predicted octanol–water partition coefficient (Wildman–Crippen LogP) is 3.39. The molecule has 126 valence electrons. The van der Waals surface area contributed by atoms with Crippen LogP contribution in [0.5, 0.6) is 0 Å². The number of amides is 1. The highest BCUT2D eigenvalue weighted by molar-refractivity contribution is 6.10. The van der Waals surface area contributed by atoms with Gasteiger partial charge in [0.15, 0.2) is 5.67 Å². The van der Waals surface area contributed by atoms with E-state index in [0.717, 1.165) is 17.1 Å². The highest BCUT2D eigenvalue weighted by Gasteiger charge is 2.49. The lowest BCUT2D eigenvalue weighted by Gasteiger charge is -2.45. The van der Waals surface area contributed by atoms with Crippen LogP contribution in [0, 0.1) is 0 Å². The average molecular weight is 327 g/mol. The van der Waals surface area contributed by atoms with Gasteiger partial charge in [0.25, 0.3) is 0 Å². The number of rotatable bonds is 2. The van der Waals surface area contributed by atoms with E-state index in [0.29, 0.717) is 5.56 Å². The number of hydrogen-bond acceptors (Lipinski definition) is 2. The van der Waals surface area contributed by atoms with Crippen LogP contribution in [0.15, 0.2) is 36.4 Å². The first kappa shape index (κ1) is 16.8. The number of carbonyl (C=O) groups excluding carboxylic acids is 1. The number of halogens is 1. The van der Waals surface area contributed by atoms with E-state index < -0.39 is 17.4 Å². The molecule has 0 aromatic heterocycles. The van der Waals surface area contributed by atoms with Crippen LogP contribution in [0.1, 0.15) is 31.9 Å². The van der Waals surface area contributed by atoms with Gasteiger partial charge >= 0.3 is 6.09 Å². The van der Waals surface area contributed by atoms with Crippen molar-refractivity contribution in [3.63, 3.8) is 0 Å². The van der Waals surface area contributed by atoms with Gasteiger partial charge in [-0.1, -0.05) is 42.7 Å². The van der Waals surface area contributed by atoms with E-state index >= 15 is 4.39 Å². The zero-order chi connectivity index (χ0) is 17.5. The number of alkyl halides is 1. The third-order valence-corrected chi connectivity index (χ3v) is 4.41. The highest BCUT2D eigenvalue weighted by atomic mass is 19.1. The van der Waals surface area contributed by atoms with Crippen molar-refractivity contribution < 1.29 is 13.9 Å². The topological polar surface area (TPSA) is 29.5 Å². The van der Waals surface area contributed by atoms with Crippen molar-refractivity contribution in [1.29, 1.82) is 0 Å². The number of benzene rings is 2. The van der Waals surface area contributed by atoms with Crippen molar-refractivity contribution in [3.05, 3.63) is 47.5 Å². The molecule has 0 radical (unpaired) electrons. The smallest absolute Gasteiger partial charge is 0.410 e. The molecule has 1 heterocycles. The molecular formula is C19H23BFNO2. The van der Waals surface area contributed by atoms with Crippen LogP contribution in [-0.2, 0) is 16.7 Å². The van der Waals surface area contributed by atoms with E-state index in [1.54, 1.807) is 0 Å². The molecule has 1 aliphatic heterocycles. The summed E-state index contributed by atoms with van der Waals surface area (Å²) in [6, 6.07) is 11.8. The molecule has 3 nitrogen and oxygen atoms in total. The Labute approximate surface area is 143 Å². The van der Waals surface area contributed by atoms with Crippen LogP contribution in [0.3, 0.4) is 0 Å². The molecule has 1 aliphatic rings. The van der Waals surface area contributed by atoms with Gasteiger partial charge in [-0.25, -0.2) is 9.18 Å². The second-order valence-corrected chi connectivity index (χ2v) is 7.47. The fraction of sp³-hybridized carbons (Fsp3) is 0.421. The molecule has 0 aliphatic carbocycles. The highest BCUT2D eigenvalue weighted by Crippen LogP contribution is 2.41. The van der Waals surface area contributed by atoms with Crippen molar-refractivity contribution in [2.45, 2.75) is 38.4 Å². The fourth-order valence-corrected chi connectivity index (χ4v) is 3.25. The quantitative estimate of drug-likeness (QED) is 0.792. The van der Waals surface area contributed by atoms with Gasteiger partial charge < -0.3 is 9.64 Å². The largest absolute Gasteiger partial charge is 0.444 e. The second-order valence-electron chi connectivity index (χ2n) is 7.47. The number of carbonyl (C=O) groups is 1. The standard InChI is InChI=1S/C19H23BFNO2/c1-18(2,3)24-17(23)22-11-19(21,12-22)16-9-8-13(10-20)14-6-4-5-7-15(14)16/h4-9H,10-12,20H2,1-3H3. The van der Waals surface area contributed by atoms with Crippen LogP contribution >= 0.6 is 0 Å². The second kappa shape index (κ2) is 5.80. The third-order valence-electron chi connectivity index (χ3n) is 4.41. The molecule has 0 saturated carbocycles. The first-order valence-electron chi connectivity index (χ1n) is 8.41. The molecule has 1 amide bonds. The van der Waals surface area contributed by atoms with Gasteiger partial charge in [0, 0.05) is 5.56 Å². The van der Waals surface area contributed by atoms with E-state index in [1.807, 2.05) is 57.2 Å². The molecule has 0 spiro atoms. The van der Waals surface area contributed by atoms with Gasteiger partial charge in [-0.2, -0.15) is 0 Å². The number of likely N-dealkylation sites (tertiary alicyclic amines) is 1. The Balaban J connectivity index is 1.86. The number of fused-ring (bicyclic) bond motifs is 1. The van der Waals surface area contributed by atoms with Crippen molar-refractivity contribution in [1.82, 2.24) is 4.90 Å². The summed E-state index contributed by atoms with van der Waals surface area (Å²) in [5.41, 5.74) is -0.208.